The van der Waals surface area contributed by atoms with Crippen LogP contribution in [0.15, 0.2) is 24.3 Å². The highest BCUT2D eigenvalue weighted by molar-refractivity contribution is 7.93. The summed E-state index contributed by atoms with van der Waals surface area (Å²) in [5.74, 6) is -2.80. The number of benzene rings is 1. The fourth-order valence-corrected chi connectivity index (χ4v) is 5.11. The Kier molecular flexibility index (Phi) is 6.14. The number of carbonyl (C=O) groups is 2. The van der Waals surface area contributed by atoms with Crippen molar-refractivity contribution in [2.75, 3.05) is 23.7 Å². The van der Waals surface area contributed by atoms with E-state index in [2.05, 4.69) is 4.74 Å². The summed E-state index contributed by atoms with van der Waals surface area (Å²) in [4.78, 5) is 24.1. The van der Waals surface area contributed by atoms with E-state index in [1.54, 1.807) is 6.92 Å². The van der Waals surface area contributed by atoms with Crippen molar-refractivity contribution >= 4 is 27.8 Å². The summed E-state index contributed by atoms with van der Waals surface area (Å²) < 4.78 is 45.0. The minimum atomic E-state index is -4.43. The van der Waals surface area contributed by atoms with Gasteiger partial charge in [-0.2, -0.15) is 5.26 Å². The second-order valence-electron chi connectivity index (χ2n) is 6.50. The number of likely N-dealkylation sites (tertiary alicyclic amines) is 1. The maximum absolute atomic E-state index is 13.8. The molecule has 0 unspecified atom stereocenters. The van der Waals surface area contributed by atoms with E-state index in [0.29, 0.717) is 0 Å². The van der Waals surface area contributed by atoms with Crippen molar-refractivity contribution in [2.45, 2.75) is 31.3 Å². The first kappa shape index (κ1) is 21.4. The molecule has 0 bridgehead atoms. The maximum Gasteiger partial charge on any atom is 0.407 e. The topological polar surface area (TPSA) is 128 Å². The van der Waals surface area contributed by atoms with Gasteiger partial charge in [0.05, 0.1) is 18.9 Å². The Labute approximate surface area is 162 Å². The number of rotatable bonds is 5. The Morgan fingerprint density at radius 1 is 1.50 bits per heavy atom. The Balaban J connectivity index is 2.59. The average molecular weight is 413 g/mol. The zero-order valence-corrected chi connectivity index (χ0v) is 16.1. The minimum absolute atomic E-state index is 0.0936. The zero-order valence-electron chi connectivity index (χ0n) is 15.3. The number of hydrogen-bond acceptors (Lipinski definition) is 6. The molecule has 0 saturated carbocycles. The molecule has 152 valence electrons. The van der Waals surface area contributed by atoms with Gasteiger partial charge in [0.25, 0.3) is 0 Å². The van der Waals surface area contributed by atoms with Crippen LogP contribution < -0.4 is 4.31 Å². The highest BCUT2D eigenvalue weighted by Gasteiger charge is 2.49. The second kappa shape index (κ2) is 8.02. The average Bonchev–Trinajstić information content (AvgIpc) is 2.60. The molecule has 1 aromatic carbocycles. The highest BCUT2D eigenvalue weighted by Crippen LogP contribution is 2.38. The van der Waals surface area contributed by atoms with Crippen molar-refractivity contribution in [3.05, 3.63) is 30.1 Å². The fourth-order valence-electron chi connectivity index (χ4n) is 3.39. The summed E-state index contributed by atoms with van der Waals surface area (Å²) in [6, 6.07) is 5.96. The van der Waals surface area contributed by atoms with Gasteiger partial charge in [-0.3, -0.25) is 4.79 Å². The lowest BCUT2D eigenvalue weighted by molar-refractivity contribution is -0.137. The Morgan fingerprint density at radius 3 is 2.68 bits per heavy atom. The molecule has 1 aliphatic rings. The van der Waals surface area contributed by atoms with Gasteiger partial charge in [0.1, 0.15) is 11.4 Å². The SMILES string of the molecule is COC(=O)CS(=O)(=O)N(c1cccc(F)c1)[C@]1(C#N)CCN(C(=O)O)[C@@H](C)C1. The standard InChI is InChI=1S/C17H20FN3O6S/c1-12-9-17(11-19,6-7-20(12)16(23)24)21(14-5-3-4-13(18)8-14)28(25,26)10-15(22)27-2/h3-5,8,12H,6-7,9-10H2,1-2H3,(H,23,24)/t12-,17+/m0/s1. The van der Waals surface area contributed by atoms with Gasteiger partial charge in [0, 0.05) is 25.4 Å². The molecule has 1 saturated heterocycles. The van der Waals surface area contributed by atoms with E-state index in [4.69, 9.17) is 0 Å². The summed E-state index contributed by atoms with van der Waals surface area (Å²) in [6.45, 7) is 1.46. The number of esters is 1. The number of nitriles is 1. The summed E-state index contributed by atoms with van der Waals surface area (Å²) >= 11 is 0. The maximum atomic E-state index is 13.8. The minimum Gasteiger partial charge on any atom is -0.468 e. The number of sulfonamides is 1. The molecule has 2 atom stereocenters. The van der Waals surface area contributed by atoms with Crippen LogP contribution in [0.25, 0.3) is 0 Å². The fraction of sp³-hybridized carbons (Fsp3) is 0.471. The van der Waals surface area contributed by atoms with Crippen molar-refractivity contribution < 1.29 is 32.2 Å². The number of carboxylic acid groups (broad SMARTS) is 1. The first-order valence-corrected chi connectivity index (χ1v) is 9.93. The van der Waals surface area contributed by atoms with Crippen LogP contribution in [0.2, 0.25) is 0 Å². The van der Waals surface area contributed by atoms with E-state index in [1.807, 2.05) is 6.07 Å². The van der Waals surface area contributed by atoms with E-state index >= 15 is 0 Å². The van der Waals surface area contributed by atoms with E-state index in [1.165, 1.54) is 12.1 Å². The van der Waals surface area contributed by atoms with Crippen LogP contribution in [0, 0.1) is 17.1 Å². The molecule has 1 fully saturated rings. The zero-order chi connectivity index (χ0) is 21.1. The first-order chi connectivity index (χ1) is 13.1. The molecule has 1 N–H and O–H groups in total. The third-order valence-corrected chi connectivity index (χ3v) is 6.34. The third-order valence-electron chi connectivity index (χ3n) is 4.62. The van der Waals surface area contributed by atoms with Gasteiger partial charge < -0.3 is 14.7 Å². The molecule has 0 aliphatic carbocycles. The molecular weight excluding hydrogens is 393 g/mol. The lowest BCUT2D eigenvalue weighted by Crippen LogP contribution is -2.60. The summed E-state index contributed by atoms with van der Waals surface area (Å²) in [5.41, 5.74) is -1.81. The van der Waals surface area contributed by atoms with Gasteiger partial charge in [-0.1, -0.05) is 6.07 Å². The van der Waals surface area contributed by atoms with Gasteiger partial charge in [-0.25, -0.2) is 21.9 Å². The summed E-state index contributed by atoms with van der Waals surface area (Å²) in [6.07, 6.45) is -1.47. The van der Waals surface area contributed by atoms with Crippen LogP contribution in [0.1, 0.15) is 19.8 Å². The number of hydrogen-bond donors (Lipinski definition) is 1. The second-order valence-corrected chi connectivity index (χ2v) is 8.32. The van der Waals surface area contributed by atoms with E-state index in [-0.39, 0.29) is 25.1 Å². The lowest BCUT2D eigenvalue weighted by Gasteiger charge is -2.46. The van der Waals surface area contributed by atoms with Crippen molar-refractivity contribution in [1.29, 1.82) is 5.26 Å². The van der Waals surface area contributed by atoms with Crippen LogP contribution in [-0.2, 0) is 19.6 Å². The molecule has 2 rings (SSSR count). The highest BCUT2D eigenvalue weighted by atomic mass is 32.2. The number of halogens is 1. The van der Waals surface area contributed by atoms with Crippen LogP contribution in [-0.4, -0.2) is 61.5 Å². The number of carbonyl (C=O) groups excluding carboxylic acids is 1. The van der Waals surface area contributed by atoms with Crippen molar-refractivity contribution in [3.63, 3.8) is 0 Å². The quantitative estimate of drug-likeness (QED) is 0.726. The third kappa shape index (κ3) is 4.17. The number of ether oxygens (including phenoxy) is 1. The van der Waals surface area contributed by atoms with Crippen LogP contribution in [0.5, 0.6) is 0 Å². The Morgan fingerprint density at radius 2 is 2.18 bits per heavy atom. The van der Waals surface area contributed by atoms with E-state index in [0.717, 1.165) is 28.4 Å². The van der Waals surface area contributed by atoms with Gasteiger partial charge in [0.15, 0.2) is 5.75 Å². The van der Waals surface area contributed by atoms with Crippen LogP contribution in [0.3, 0.4) is 0 Å². The molecule has 1 aromatic rings. The molecule has 28 heavy (non-hydrogen) atoms. The van der Waals surface area contributed by atoms with E-state index < -0.39 is 45.2 Å². The summed E-state index contributed by atoms with van der Waals surface area (Å²) in [7, 11) is -3.41. The van der Waals surface area contributed by atoms with Gasteiger partial charge >= 0.3 is 12.1 Å². The normalized spacial score (nSPS) is 22.2. The number of amides is 1. The molecule has 9 nitrogen and oxygen atoms in total. The van der Waals surface area contributed by atoms with Gasteiger partial charge in [0.2, 0.25) is 10.0 Å². The Hall–Kier alpha value is -2.87. The largest absolute Gasteiger partial charge is 0.468 e. The molecule has 0 aromatic heterocycles. The van der Waals surface area contributed by atoms with Gasteiger partial charge in [-0.05, 0) is 25.1 Å². The molecule has 1 heterocycles. The molecule has 1 amide bonds. The van der Waals surface area contributed by atoms with Crippen molar-refractivity contribution in [3.8, 4) is 6.07 Å². The predicted octanol–water partition coefficient (Wildman–Crippen LogP) is 1.56. The predicted molar refractivity (Wildman–Crippen MR) is 96.5 cm³/mol. The smallest absolute Gasteiger partial charge is 0.407 e. The molecular formula is C17H20FN3O6S. The van der Waals surface area contributed by atoms with Crippen molar-refractivity contribution in [2.24, 2.45) is 0 Å². The van der Waals surface area contributed by atoms with Crippen molar-refractivity contribution in [1.82, 2.24) is 4.90 Å². The van der Waals surface area contributed by atoms with Gasteiger partial charge in [-0.15, -0.1) is 0 Å². The Bertz CT molecular complexity index is 916. The number of anilines is 1. The number of nitrogens with zero attached hydrogens (tertiary/aromatic N) is 3. The molecule has 0 radical (unpaired) electrons. The molecule has 11 heteroatoms. The lowest BCUT2D eigenvalue weighted by atomic mass is 9.84. The summed E-state index contributed by atoms with van der Waals surface area (Å²) in [5, 5.41) is 19.2. The molecule has 1 aliphatic heterocycles. The van der Waals surface area contributed by atoms with E-state index in [9.17, 15) is 32.8 Å². The monoisotopic (exact) mass is 413 g/mol. The molecule has 0 spiro atoms. The number of piperidine rings is 1. The van der Waals surface area contributed by atoms with Crippen LogP contribution >= 0.6 is 0 Å². The first-order valence-electron chi connectivity index (χ1n) is 8.32. The number of methoxy groups -OCH3 is 1. The van der Waals surface area contributed by atoms with Crippen LogP contribution in [0.4, 0.5) is 14.9 Å².